The van der Waals surface area contributed by atoms with E-state index in [1.165, 1.54) is 12.1 Å². The Labute approximate surface area is 147 Å². The molecule has 0 unspecified atom stereocenters. The van der Waals surface area contributed by atoms with Gasteiger partial charge in [0.25, 0.3) is 0 Å². The van der Waals surface area contributed by atoms with Gasteiger partial charge in [-0.2, -0.15) is 5.10 Å². The van der Waals surface area contributed by atoms with E-state index in [2.05, 4.69) is 15.5 Å². The van der Waals surface area contributed by atoms with Crippen molar-refractivity contribution in [3.05, 3.63) is 41.8 Å². The Hall–Kier alpha value is -2.21. The molecule has 2 N–H and O–H groups in total. The van der Waals surface area contributed by atoms with E-state index >= 15 is 0 Å². The molecule has 0 aliphatic carbocycles. The van der Waals surface area contributed by atoms with Crippen LogP contribution in [0.2, 0.25) is 0 Å². The molecule has 134 valence electrons. The number of hydrogen-bond acceptors (Lipinski definition) is 3. The predicted octanol–water partition coefficient (Wildman–Crippen LogP) is 3.10. The summed E-state index contributed by atoms with van der Waals surface area (Å²) in [6.07, 6.45) is 6.74. The van der Waals surface area contributed by atoms with Crippen molar-refractivity contribution in [3.8, 4) is 11.3 Å². The second kappa shape index (κ2) is 8.76. The molecule has 0 radical (unpaired) electrons. The third-order valence-corrected chi connectivity index (χ3v) is 4.62. The quantitative estimate of drug-likeness (QED) is 0.759. The smallest absolute Gasteiger partial charge is 0.222 e. The normalized spacial score (nSPS) is 15.4. The van der Waals surface area contributed by atoms with Crippen molar-refractivity contribution in [3.63, 3.8) is 0 Å². The standard InChI is InChI=1S/C19H25FN4O/c20-17-8-6-15(7-9-17)19-16(14-22-23-19)13-21-10-4-12-24-11-3-1-2-5-18(24)25/h6-9,14,21H,1-5,10-13H2,(H,22,23). The average Bonchev–Trinajstić information content (AvgIpc) is 2.98. The number of carbonyl (C=O) groups excluding carboxylic acids is 1. The Morgan fingerprint density at radius 3 is 2.88 bits per heavy atom. The SMILES string of the molecule is O=C1CCCCCN1CCCNCc1cn[nH]c1-c1ccc(F)cc1. The summed E-state index contributed by atoms with van der Waals surface area (Å²) in [5.41, 5.74) is 2.89. The van der Waals surface area contributed by atoms with Crippen molar-refractivity contribution in [1.82, 2.24) is 20.4 Å². The van der Waals surface area contributed by atoms with E-state index in [0.29, 0.717) is 18.9 Å². The van der Waals surface area contributed by atoms with Gasteiger partial charge >= 0.3 is 0 Å². The molecule has 1 aliphatic heterocycles. The number of nitrogens with one attached hydrogen (secondary N) is 2. The maximum atomic E-state index is 13.1. The third kappa shape index (κ3) is 4.89. The molecule has 0 spiro atoms. The van der Waals surface area contributed by atoms with Crippen LogP contribution in [-0.2, 0) is 11.3 Å². The molecule has 5 nitrogen and oxygen atoms in total. The molecule has 1 aliphatic rings. The van der Waals surface area contributed by atoms with Gasteiger partial charge < -0.3 is 10.2 Å². The maximum absolute atomic E-state index is 13.1. The third-order valence-electron chi connectivity index (χ3n) is 4.62. The zero-order valence-corrected chi connectivity index (χ0v) is 14.4. The van der Waals surface area contributed by atoms with Crippen LogP contribution in [0.3, 0.4) is 0 Å². The summed E-state index contributed by atoms with van der Waals surface area (Å²) in [6, 6.07) is 6.39. The van der Waals surface area contributed by atoms with Gasteiger partial charge in [-0.15, -0.1) is 0 Å². The highest BCUT2D eigenvalue weighted by Gasteiger charge is 2.15. The van der Waals surface area contributed by atoms with Crippen LogP contribution < -0.4 is 5.32 Å². The summed E-state index contributed by atoms with van der Waals surface area (Å²) >= 11 is 0. The second-order valence-electron chi connectivity index (χ2n) is 6.50. The molecule has 6 heteroatoms. The van der Waals surface area contributed by atoms with E-state index in [9.17, 15) is 9.18 Å². The highest BCUT2D eigenvalue weighted by Crippen LogP contribution is 2.21. The Morgan fingerprint density at radius 2 is 2.04 bits per heavy atom. The summed E-state index contributed by atoms with van der Waals surface area (Å²) in [5.74, 6) is 0.0527. The predicted molar refractivity (Wildman–Crippen MR) is 95.4 cm³/mol. The van der Waals surface area contributed by atoms with Crippen molar-refractivity contribution < 1.29 is 9.18 Å². The van der Waals surface area contributed by atoms with Crippen molar-refractivity contribution in [2.75, 3.05) is 19.6 Å². The number of aromatic amines is 1. The zero-order chi connectivity index (χ0) is 17.5. The zero-order valence-electron chi connectivity index (χ0n) is 14.4. The van der Waals surface area contributed by atoms with Crippen LogP contribution in [0.15, 0.2) is 30.5 Å². The van der Waals surface area contributed by atoms with Gasteiger partial charge in [-0.1, -0.05) is 6.42 Å². The number of amides is 1. The van der Waals surface area contributed by atoms with Crippen LogP contribution >= 0.6 is 0 Å². The summed E-state index contributed by atoms with van der Waals surface area (Å²) in [4.78, 5) is 14.0. The molecule has 1 saturated heterocycles. The number of carbonyl (C=O) groups is 1. The molecule has 0 atom stereocenters. The van der Waals surface area contributed by atoms with Crippen molar-refractivity contribution in [2.45, 2.75) is 38.6 Å². The molecule has 1 aromatic carbocycles. The van der Waals surface area contributed by atoms with Gasteiger partial charge in [0.1, 0.15) is 5.82 Å². The summed E-state index contributed by atoms with van der Waals surface area (Å²) in [5, 5.41) is 10.5. The molecule has 0 bridgehead atoms. The fourth-order valence-corrected chi connectivity index (χ4v) is 3.20. The van der Waals surface area contributed by atoms with Gasteiger partial charge in [0.15, 0.2) is 0 Å². The lowest BCUT2D eigenvalue weighted by Gasteiger charge is -2.20. The minimum Gasteiger partial charge on any atom is -0.343 e. The Bertz CT molecular complexity index is 683. The first-order chi connectivity index (χ1) is 12.2. The van der Waals surface area contributed by atoms with E-state index < -0.39 is 0 Å². The molecular weight excluding hydrogens is 319 g/mol. The van der Waals surface area contributed by atoms with Gasteiger partial charge in [-0.05, 0) is 50.1 Å². The number of halogens is 1. The molecule has 1 fully saturated rings. The average molecular weight is 344 g/mol. The number of benzene rings is 1. The van der Waals surface area contributed by atoms with Crippen LogP contribution in [0.25, 0.3) is 11.3 Å². The lowest BCUT2D eigenvalue weighted by molar-refractivity contribution is -0.130. The fraction of sp³-hybridized carbons (Fsp3) is 0.474. The first kappa shape index (κ1) is 17.6. The van der Waals surface area contributed by atoms with E-state index in [1.807, 2.05) is 4.90 Å². The topological polar surface area (TPSA) is 61.0 Å². The van der Waals surface area contributed by atoms with Crippen molar-refractivity contribution >= 4 is 5.91 Å². The van der Waals surface area contributed by atoms with Crippen LogP contribution in [0.1, 0.15) is 37.7 Å². The fourth-order valence-electron chi connectivity index (χ4n) is 3.20. The van der Waals surface area contributed by atoms with Gasteiger partial charge in [0.2, 0.25) is 5.91 Å². The minimum absolute atomic E-state index is 0.244. The molecule has 1 aromatic heterocycles. The van der Waals surface area contributed by atoms with E-state index in [0.717, 1.165) is 62.1 Å². The lowest BCUT2D eigenvalue weighted by atomic mass is 10.1. The van der Waals surface area contributed by atoms with E-state index in [4.69, 9.17) is 0 Å². The minimum atomic E-state index is -0.244. The van der Waals surface area contributed by atoms with Gasteiger partial charge in [0.05, 0.1) is 11.9 Å². The molecule has 2 aromatic rings. The number of hydrogen-bond donors (Lipinski definition) is 2. The first-order valence-corrected chi connectivity index (χ1v) is 9.01. The first-order valence-electron chi connectivity index (χ1n) is 9.01. The monoisotopic (exact) mass is 344 g/mol. The number of rotatable bonds is 7. The van der Waals surface area contributed by atoms with Gasteiger partial charge in [0, 0.05) is 37.2 Å². The van der Waals surface area contributed by atoms with Gasteiger partial charge in [-0.25, -0.2) is 4.39 Å². The van der Waals surface area contributed by atoms with E-state index in [-0.39, 0.29) is 5.82 Å². The van der Waals surface area contributed by atoms with Crippen LogP contribution in [0.4, 0.5) is 4.39 Å². The van der Waals surface area contributed by atoms with Crippen LogP contribution in [0.5, 0.6) is 0 Å². The van der Waals surface area contributed by atoms with Crippen LogP contribution in [0, 0.1) is 5.82 Å². The summed E-state index contributed by atoms with van der Waals surface area (Å²) in [7, 11) is 0. The molecular formula is C19H25FN4O. The summed E-state index contributed by atoms with van der Waals surface area (Å²) < 4.78 is 13.1. The van der Waals surface area contributed by atoms with E-state index in [1.54, 1.807) is 18.3 Å². The number of H-pyrrole nitrogens is 1. The maximum Gasteiger partial charge on any atom is 0.222 e. The highest BCUT2D eigenvalue weighted by molar-refractivity contribution is 5.76. The van der Waals surface area contributed by atoms with Gasteiger partial charge in [-0.3, -0.25) is 9.89 Å². The number of nitrogens with zero attached hydrogens (tertiary/aromatic N) is 2. The lowest BCUT2D eigenvalue weighted by Crippen LogP contribution is -2.32. The molecule has 0 saturated carbocycles. The Balaban J connectivity index is 1.44. The molecule has 2 heterocycles. The second-order valence-corrected chi connectivity index (χ2v) is 6.50. The molecule has 25 heavy (non-hydrogen) atoms. The van der Waals surface area contributed by atoms with Crippen LogP contribution in [-0.4, -0.2) is 40.6 Å². The molecule has 1 amide bonds. The number of aromatic nitrogens is 2. The highest BCUT2D eigenvalue weighted by atomic mass is 19.1. The van der Waals surface area contributed by atoms with Crippen molar-refractivity contribution in [2.24, 2.45) is 0 Å². The number of likely N-dealkylation sites (tertiary alicyclic amines) is 1. The largest absolute Gasteiger partial charge is 0.343 e. The Morgan fingerprint density at radius 1 is 1.20 bits per heavy atom. The Kier molecular flexibility index (Phi) is 6.17. The molecule has 3 rings (SSSR count). The summed E-state index contributed by atoms with van der Waals surface area (Å²) in [6.45, 7) is 3.26. The van der Waals surface area contributed by atoms with Crippen molar-refractivity contribution in [1.29, 1.82) is 0 Å².